The zero-order valence-electron chi connectivity index (χ0n) is 13.9. The zero-order valence-corrected chi connectivity index (χ0v) is 13.9. The smallest absolute Gasteiger partial charge is 0.256 e. The van der Waals surface area contributed by atoms with E-state index in [9.17, 15) is 10.1 Å². The maximum atomic E-state index is 12.6. The first kappa shape index (κ1) is 17.3. The summed E-state index contributed by atoms with van der Waals surface area (Å²) in [6.45, 7) is 4.99. The molecule has 1 fully saturated rings. The number of nitrogens with zero attached hydrogens (tertiary/aromatic N) is 1. The minimum absolute atomic E-state index is 0.122. The van der Waals surface area contributed by atoms with Crippen molar-refractivity contribution in [1.29, 1.82) is 5.26 Å². The molecule has 1 aromatic rings. The van der Waals surface area contributed by atoms with Gasteiger partial charge in [0.2, 0.25) is 0 Å². The molecule has 0 spiro atoms. The van der Waals surface area contributed by atoms with Crippen LogP contribution in [0.4, 0.5) is 5.69 Å². The first-order chi connectivity index (χ1) is 11.1. The van der Waals surface area contributed by atoms with E-state index >= 15 is 0 Å². The third-order valence-corrected chi connectivity index (χ3v) is 4.07. The van der Waals surface area contributed by atoms with Crippen LogP contribution >= 0.6 is 0 Å². The molecule has 1 aliphatic rings. The number of ether oxygens (including phenoxy) is 2. The number of benzene rings is 1. The Morgan fingerprint density at radius 1 is 1.35 bits per heavy atom. The molecule has 5 heteroatoms. The van der Waals surface area contributed by atoms with Crippen LogP contribution in [0.2, 0.25) is 0 Å². The Kier molecular flexibility index (Phi) is 6.00. The van der Waals surface area contributed by atoms with Gasteiger partial charge >= 0.3 is 0 Å². The summed E-state index contributed by atoms with van der Waals surface area (Å²) in [4.78, 5) is 12.6. The van der Waals surface area contributed by atoms with E-state index in [2.05, 4.69) is 11.4 Å². The van der Waals surface area contributed by atoms with Crippen molar-refractivity contribution < 1.29 is 14.3 Å². The van der Waals surface area contributed by atoms with Crippen molar-refractivity contribution in [2.24, 2.45) is 0 Å². The van der Waals surface area contributed by atoms with E-state index in [0.29, 0.717) is 30.2 Å². The Bertz CT molecular complexity index is 586. The first-order valence-electron chi connectivity index (χ1n) is 8.27. The Morgan fingerprint density at radius 3 is 2.70 bits per heavy atom. The summed E-state index contributed by atoms with van der Waals surface area (Å²) >= 11 is 0. The summed E-state index contributed by atoms with van der Waals surface area (Å²) in [5, 5.41) is 12.2. The summed E-state index contributed by atoms with van der Waals surface area (Å²) in [6.07, 6.45) is 4.37. The largest absolute Gasteiger partial charge is 0.492 e. The van der Waals surface area contributed by atoms with Gasteiger partial charge < -0.3 is 14.8 Å². The predicted molar refractivity (Wildman–Crippen MR) is 88.4 cm³/mol. The highest BCUT2D eigenvalue weighted by atomic mass is 16.5. The molecule has 0 aromatic heterocycles. The van der Waals surface area contributed by atoms with E-state index in [1.807, 2.05) is 13.8 Å². The fourth-order valence-electron chi connectivity index (χ4n) is 2.94. The van der Waals surface area contributed by atoms with Gasteiger partial charge in [-0.05, 0) is 57.2 Å². The molecule has 0 atom stereocenters. The monoisotopic (exact) mass is 316 g/mol. The Labute approximate surface area is 137 Å². The topological polar surface area (TPSA) is 71.3 Å². The van der Waals surface area contributed by atoms with Crippen LogP contribution in [0, 0.1) is 11.3 Å². The fraction of sp³-hybridized carbons (Fsp3) is 0.556. The number of rotatable bonds is 7. The van der Waals surface area contributed by atoms with Crippen LogP contribution in [0.1, 0.15) is 51.5 Å². The highest BCUT2D eigenvalue weighted by Crippen LogP contribution is 2.34. The lowest BCUT2D eigenvalue weighted by Crippen LogP contribution is -2.43. The number of hydrogen-bond donors (Lipinski definition) is 1. The van der Waals surface area contributed by atoms with E-state index in [4.69, 9.17) is 9.47 Å². The van der Waals surface area contributed by atoms with Gasteiger partial charge in [0.15, 0.2) is 0 Å². The molecule has 1 saturated carbocycles. The average Bonchev–Trinajstić information content (AvgIpc) is 3.03. The molecule has 2 rings (SSSR count). The van der Waals surface area contributed by atoms with Crippen LogP contribution in [-0.4, -0.2) is 24.7 Å². The number of carbonyl (C=O) groups excluding carboxylic acids is 1. The normalized spacial score (nSPS) is 15.9. The second-order valence-electron chi connectivity index (χ2n) is 5.76. The maximum absolute atomic E-state index is 12.6. The van der Waals surface area contributed by atoms with E-state index in [1.165, 1.54) is 0 Å². The second kappa shape index (κ2) is 7.98. The Hall–Kier alpha value is -2.06. The summed E-state index contributed by atoms with van der Waals surface area (Å²) in [5.41, 5.74) is 0.299. The van der Waals surface area contributed by atoms with Crippen molar-refractivity contribution in [3.8, 4) is 11.8 Å². The molecular formula is C18H24N2O3. The summed E-state index contributed by atoms with van der Waals surface area (Å²) < 4.78 is 11.3. The van der Waals surface area contributed by atoms with Crippen molar-refractivity contribution >= 4 is 11.6 Å². The third-order valence-electron chi connectivity index (χ3n) is 4.07. The van der Waals surface area contributed by atoms with Crippen molar-refractivity contribution in [3.05, 3.63) is 23.8 Å². The molecule has 1 N–H and O–H groups in total. The lowest BCUT2D eigenvalue weighted by Gasteiger charge is -2.27. The fourth-order valence-corrected chi connectivity index (χ4v) is 2.94. The van der Waals surface area contributed by atoms with Crippen molar-refractivity contribution in [3.63, 3.8) is 0 Å². The molecule has 124 valence electrons. The standard InChI is InChI=1S/C18H24N2O3/c1-3-11-22-16-8-7-15(12-14(16)13-19)20-17(21)18(23-4-2)9-5-6-10-18/h7-8,12H,3-6,9-11H2,1-2H3,(H,20,21). The molecule has 1 amide bonds. The molecule has 23 heavy (non-hydrogen) atoms. The van der Waals surface area contributed by atoms with Gasteiger partial charge in [0.25, 0.3) is 5.91 Å². The highest BCUT2D eigenvalue weighted by molar-refractivity contribution is 5.97. The molecule has 0 unspecified atom stereocenters. The van der Waals surface area contributed by atoms with Gasteiger partial charge in [-0.25, -0.2) is 0 Å². The van der Waals surface area contributed by atoms with Crippen molar-refractivity contribution in [2.75, 3.05) is 18.5 Å². The van der Waals surface area contributed by atoms with Crippen LogP contribution in [0.5, 0.6) is 5.75 Å². The average molecular weight is 316 g/mol. The van der Waals surface area contributed by atoms with Gasteiger partial charge in [0.1, 0.15) is 17.4 Å². The SMILES string of the molecule is CCCOc1ccc(NC(=O)C2(OCC)CCCC2)cc1C#N. The third kappa shape index (κ3) is 4.02. The van der Waals surface area contributed by atoms with E-state index < -0.39 is 5.60 Å². The molecule has 0 bridgehead atoms. The molecule has 0 radical (unpaired) electrons. The van der Waals surface area contributed by atoms with Crippen LogP contribution in [0.3, 0.4) is 0 Å². The summed E-state index contributed by atoms with van der Waals surface area (Å²) in [6, 6.07) is 7.26. The van der Waals surface area contributed by atoms with Crippen molar-refractivity contribution in [1.82, 2.24) is 0 Å². The highest BCUT2D eigenvalue weighted by Gasteiger charge is 2.42. The molecule has 0 saturated heterocycles. The predicted octanol–water partition coefficient (Wildman–Crippen LogP) is 3.63. The number of anilines is 1. The van der Waals surface area contributed by atoms with E-state index in [1.54, 1.807) is 18.2 Å². The van der Waals surface area contributed by atoms with Crippen LogP contribution in [0.15, 0.2) is 18.2 Å². The van der Waals surface area contributed by atoms with Gasteiger partial charge in [-0.15, -0.1) is 0 Å². The minimum atomic E-state index is -0.723. The minimum Gasteiger partial charge on any atom is -0.492 e. The van der Waals surface area contributed by atoms with E-state index in [-0.39, 0.29) is 5.91 Å². The number of nitriles is 1. The zero-order chi connectivity index (χ0) is 16.7. The molecule has 5 nitrogen and oxygen atoms in total. The van der Waals surface area contributed by atoms with Crippen molar-refractivity contribution in [2.45, 2.75) is 51.6 Å². The van der Waals surface area contributed by atoms with E-state index in [0.717, 1.165) is 32.1 Å². The number of hydrogen-bond acceptors (Lipinski definition) is 4. The van der Waals surface area contributed by atoms with Gasteiger partial charge in [-0.3, -0.25) is 4.79 Å². The molecular weight excluding hydrogens is 292 g/mol. The molecule has 0 aliphatic heterocycles. The maximum Gasteiger partial charge on any atom is 0.256 e. The summed E-state index contributed by atoms with van der Waals surface area (Å²) in [7, 11) is 0. The van der Waals surface area contributed by atoms with Gasteiger partial charge in [-0.1, -0.05) is 6.92 Å². The second-order valence-corrected chi connectivity index (χ2v) is 5.76. The lowest BCUT2D eigenvalue weighted by atomic mass is 10.0. The Morgan fingerprint density at radius 2 is 2.09 bits per heavy atom. The number of nitrogens with one attached hydrogen (secondary N) is 1. The summed E-state index contributed by atoms with van der Waals surface area (Å²) in [5.74, 6) is 0.427. The van der Waals surface area contributed by atoms with Crippen LogP contribution < -0.4 is 10.1 Å². The van der Waals surface area contributed by atoms with Crippen LogP contribution in [0.25, 0.3) is 0 Å². The number of amides is 1. The molecule has 1 aliphatic carbocycles. The Balaban J connectivity index is 2.13. The quantitative estimate of drug-likeness (QED) is 0.833. The van der Waals surface area contributed by atoms with Gasteiger partial charge in [-0.2, -0.15) is 5.26 Å². The number of carbonyl (C=O) groups is 1. The van der Waals surface area contributed by atoms with Crippen LogP contribution in [-0.2, 0) is 9.53 Å². The molecule has 1 aromatic carbocycles. The lowest BCUT2D eigenvalue weighted by molar-refractivity contribution is -0.140. The van der Waals surface area contributed by atoms with Gasteiger partial charge in [0, 0.05) is 12.3 Å². The van der Waals surface area contributed by atoms with Gasteiger partial charge in [0.05, 0.1) is 12.2 Å². The first-order valence-corrected chi connectivity index (χ1v) is 8.27. The molecule has 0 heterocycles.